The third kappa shape index (κ3) is 3.22. The molecular formula is C18H24N4O2. The summed E-state index contributed by atoms with van der Waals surface area (Å²) in [7, 11) is 1.96. The van der Waals surface area contributed by atoms with E-state index in [4.69, 9.17) is 9.47 Å². The fraction of sp³-hybridized carbons (Fsp3) is 0.556. The molecule has 2 saturated heterocycles. The van der Waals surface area contributed by atoms with Crippen molar-refractivity contribution in [3.05, 3.63) is 48.0 Å². The molecule has 0 aromatic carbocycles. The number of fused-ring (bicyclic) bond motifs is 1. The van der Waals surface area contributed by atoms with Gasteiger partial charge in [0.1, 0.15) is 0 Å². The van der Waals surface area contributed by atoms with Crippen molar-refractivity contribution < 1.29 is 9.47 Å². The van der Waals surface area contributed by atoms with E-state index in [0.717, 1.165) is 45.1 Å². The summed E-state index contributed by atoms with van der Waals surface area (Å²) in [4.78, 5) is 6.83. The van der Waals surface area contributed by atoms with Gasteiger partial charge >= 0.3 is 0 Å². The minimum Gasteiger partial charge on any atom is -0.380 e. The van der Waals surface area contributed by atoms with Gasteiger partial charge in [-0.15, -0.1) is 0 Å². The average molecular weight is 328 g/mol. The molecule has 128 valence electrons. The molecule has 4 rings (SSSR count). The third-order valence-electron chi connectivity index (χ3n) is 5.12. The van der Waals surface area contributed by atoms with E-state index in [0.29, 0.717) is 12.5 Å². The van der Waals surface area contributed by atoms with E-state index in [1.165, 1.54) is 5.56 Å². The van der Waals surface area contributed by atoms with Crippen molar-refractivity contribution in [3.63, 3.8) is 0 Å². The number of aryl methyl sites for hydroxylation is 1. The fourth-order valence-electron chi connectivity index (χ4n) is 3.92. The van der Waals surface area contributed by atoms with Crippen molar-refractivity contribution in [2.24, 2.45) is 18.4 Å². The third-order valence-corrected chi connectivity index (χ3v) is 5.12. The number of aromatic nitrogens is 3. The van der Waals surface area contributed by atoms with Gasteiger partial charge in [-0.1, -0.05) is 6.07 Å². The van der Waals surface area contributed by atoms with Crippen molar-refractivity contribution in [1.82, 2.24) is 19.7 Å². The Morgan fingerprint density at radius 1 is 1.42 bits per heavy atom. The van der Waals surface area contributed by atoms with Crippen LogP contribution in [-0.4, -0.2) is 52.6 Å². The Morgan fingerprint density at radius 3 is 3.17 bits per heavy atom. The molecule has 0 bridgehead atoms. The van der Waals surface area contributed by atoms with E-state index < -0.39 is 0 Å². The van der Waals surface area contributed by atoms with Gasteiger partial charge in [0.2, 0.25) is 0 Å². The number of pyridine rings is 1. The smallest absolute Gasteiger partial charge is 0.0888 e. The zero-order valence-electron chi connectivity index (χ0n) is 14.1. The molecule has 4 heterocycles. The molecule has 0 radical (unpaired) electrons. The van der Waals surface area contributed by atoms with E-state index in [9.17, 15) is 0 Å². The Morgan fingerprint density at radius 2 is 2.38 bits per heavy atom. The van der Waals surface area contributed by atoms with Crippen LogP contribution in [0.3, 0.4) is 0 Å². The average Bonchev–Trinajstić information content (AvgIpc) is 3.23. The largest absolute Gasteiger partial charge is 0.380 e. The highest BCUT2D eigenvalue weighted by atomic mass is 16.5. The minimum atomic E-state index is 0.122. The van der Waals surface area contributed by atoms with Gasteiger partial charge < -0.3 is 9.47 Å². The number of nitrogens with zero attached hydrogens (tertiary/aromatic N) is 4. The Bertz CT molecular complexity index is 675. The van der Waals surface area contributed by atoms with Crippen molar-refractivity contribution >= 4 is 0 Å². The van der Waals surface area contributed by atoms with Crippen molar-refractivity contribution in [3.8, 4) is 0 Å². The first-order chi connectivity index (χ1) is 11.7. The molecule has 2 fully saturated rings. The first kappa shape index (κ1) is 15.7. The van der Waals surface area contributed by atoms with Crippen LogP contribution in [-0.2, 0) is 29.7 Å². The predicted octanol–water partition coefficient (Wildman–Crippen LogP) is 1.48. The van der Waals surface area contributed by atoms with Crippen LogP contribution >= 0.6 is 0 Å². The Balaban J connectivity index is 1.36. The van der Waals surface area contributed by atoms with Crippen LogP contribution in [0.4, 0.5) is 0 Å². The van der Waals surface area contributed by atoms with Gasteiger partial charge in [-0.2, -0.15) is 5.10 Å². The second-order valence-corrected chi connectivity index (χ2v) is 7.08. The molecule has 0 aliphatic carbocycles. The molecule has 6 heteroatoms. The quantitative estimate of drug-likeness (QED) is 0.804. The molecular weight excluding hydrogens is 304 g/mol. The summed E-state index contributed by atoms with van der Waals surface area (Å²) in [6.07, 6.45) is 5.85. The first-order valence-corrected chi connectivity index (χ1v) is 8.49. The lowest BCUT2D eigenvalue weighted by Gasteiger charge is -2.27. The highest BCUT2D eigenvalue weighted by Gasteiger charge is 2.50. The second-order valence-electron chi connectivity index (χ2n) is 7.08. The summed E-state index contributed by atoms with van der Waals surface area (Å²) in [6, 6.07) is 5.93. The molecule has 2 aliphatic heterocycles. The Kier molecular flexibility index (Phi) is 4.35. The summed E-state index contributed by atoms with van der Waals surface area (Å²) in [6.45, 7) is 5.98. The van der Waals surface area contributed by atoms with Gasteiger partial charge in [0.25, 0.3) is 0 Å². The lowest BCUT2D eigenvalue weighted by molar-refractivity contribution is 0.0171. The topological polar surface area (TPSA) is 52.4 Å². The zero-order chi connectivity index (χ0) is 16.4. The van der Waals surface area contributed by atoms with E-state index in [2.05, 4.69) is 21.2 Å². The van der Waals surface area contributed by atoms with Crippen LogP contribution in [0.15, 0.2) is 36.8 Å². The summed E-state index contributed by atoms with van der Waals surface area (Å²) in [5, 5.41) is 4.27. The molecule has 2 aromatic heterocycles. The highest BCUT2D eigenvalue weighted by molar-refractivity contribution is 5.07. The van der Waals surface area contributed by atoms with Crippen LogP contribution in [0.2, 0.25) is 0 Å². The fourth-order valence-corrected chi connectivity index (χ4v) is 3.92. The molecule has 0 unspecified atom stereocenters. The molecule has 6 nitrogen and oxygen atoms in total. The van der Waals surface area contributed by atoms with E-state index >= 15 is 0 Å². The normalized spacial score (nSPS) is 26.8. The van der Waals surface area contributed by atoms with Crippen LogP contribution < -0.4 is 0 Å². The van der Waals surface area contributed by atoms with Crippen LogP contribution in [0.25, 0.3) is 0 Å². The Hall–Kier alpha value is -1.76. The van der Waals surface area contributed by atoms with Crippen molar-refractivity contribution in [2.75, 3.05) is 32.9 Å². The maximum atomic E-state index is 6.03. The lowest BCUT2D eigenvalue weighted by Crippen LogP contribution is -2.35. The Labute approximate surface area is 142 Å². The summed E-state index contributed by atoms with van der Waals surface area (Å²) >= 11 is 0. The molecule has 0 saturated carbocycles. The lowest BCUT2D eigenvalue weighted by atomic mass is 9.82. The van der Waals surface area contributed by atoms with E-state index in [1.54, 1.807) is 0 Å². The molecule has 2 atom stereocenters. The zero-order valence-corrected chi connectivity index (χ0v) is 14.1. The maximum absolute atomic E-state index is 6.03. The SMILES string of the molecule is Cn1cc(CN2C[C@@H]3COC[C@]3(COCc3ccccn3)C2)cn1. The van der Waals surface area contributed by atoms with E-state index in [-0.39, 0.29) is 5.41 Å². The van der Waals surface area contributed by atoms with Gasteiger partial charge in [0, 0.05) is 56.0 Å². The van der Waals surface area contributed by atoms with Crippen LogP contribution in [0.1, 0.15) is 11.3 Å². The van der Waals surface area contributed by atoms with Gasteiger partial charge in [-0.3, -0.25) is 14.6 Å². The van der Waals surface area contributed by atoms with Crippen molar-refractivity contribution in [2.45, 2.75) is 13.2 Å². The maximum Gasteiger partial charge on any atom is 0.0888 e. The van der Waals surface area contributed by atoms with Crippen molar-refractivity contribution in [1.29, 1.82) is 0 Å². The van der Waals surface area contributed by atoms with E-state index in [1.807, 2.05) is 42.3 Å². The number of likely N-dealkylation sites (tertiary alicyclic amines) is 1. The minimum absolute atomic E-state index is 0.122. The standard InChI is InChI=1S/C18H24N4O2/c1-21-7-15(6-20-21)8-22-9-16-10-23-13-18(16,12-22)14-24-11-17-4-2-3-5-19-17/h2-7,16H,8-14H2,1H3/t16-,18+/m1/s1. The number of hydrogen-bond donors (Lipinski definition) is 0. The van der Waals surface area contributed by atoms with Gasteiger partial charge in [-0.05, 0) is 12.1 Å². The number of hydrogen-bond acceptors (Lipinski definition) is 5. The summed E-state index contributed by atoms with van der Waals surface area (Å²) in [5.41, 5.74) is 2.37. The molecule has 24 heavy (non-hydrogen) atoms. The van der Waals surface area contributed by atoms with Crippen LogP contribution in [0.5, 0.6) is 0 Å². The first-order valence-electron chi connectivity index (χ1n) is 8.49. The summed E-state index contributed by atoms with van der Waals surface area (Å²) in [5.74, 6) is 0.554. The van der Waals surface area contributed by atoms with Gasteiger partial charge in [0.15, 0.2) is 0 Å². The second kappa shape index (κ2) is 6.63. The van der Waals surface area contributed by atoms with Gasteiger partial charge in [-0.25, -0.2) is 0 Å². The highest BCUT2D eigenvalue weighted by Crippen LogP contribution is 2.42. The predicted molar refractivity (Wildman–Crippen MR) is 89.1 cm³/mol. The number of rotatable bonds is 6. The molecule has 0 N–H and O–H groups in total. The molecule has 2 aliphatic rings. The van der Waals surface area contributed by atoms with Gasteiger partial charge in [0.05, 0.1) is 38.3 Å². The summed E-state index contributed by atoms with van der Waals surface area (Å²) < 4.78 is 13.7. The molecule has 0 amide bonds. The number of ether oxygens (including phenoxy) is 2. The van der Waals surface area contributed by atoms with Crippen LogP contribution in [0, 0.1) is 11.3 Å². The monoisotopic (exact) mass is 328 g/mol. The molecule has 2 aromatic rings. The molecule has 0 spiro atoms.